The molecule has 1 aromatic heterocycles. The van der Waals surface area contributed by atoms with E-state index in [1.165, 1.54) is 21.9 Å². The van der Waals surface area contributed by atoms with Crippen LogP contribution in [-0.2, 0) is 22.5 Å². The molecule has 1 aliphatic rings. The number of oxime groups is 1. The number of hydrogen-bond acceptors (Lipinski definition) is 5. The molecule has 0 radical (unpaired) electrons. The summed E-state index contributed by atoms with van der Waals surface area (Å²) in [5.41, 5.74) is 4.82. The molecule has 0 saturated carbocycles. The lowest BCUT2D eigenvalue weighted by molar-refractivity contribution is -0.143. The van der Waals surface area contributed by atoms with E-state index in [0.717, 1.165) is 29.2 Å². The van der Waals surface area contributed by atoms with Gasteiger partial charge in [0.05, 0.1) is 17.0 Å². The summed E-state index contributed by atoms with van der Waals surface area (Å²) in [5, 5.41) is 11.1. The van der Waals surface area contributed by atoms with Gasteiger partial charge < -0.3 is 9.36 Å². The van der Waals surface area contributed by atoms with Gasteiger partial charge in [0.1, 0.15) is 5.76 Å². The van der Waals surface area contributed by atoms with E-state index < -0.39 is 0 Å². The van der Waals surface area contributed by atoms with Crippen LogP contribution in [0.25, 0.3) is 10.8 Å². The topological polar surface area (TPSA) is 64.7 Å². The smallest absolute Gasteiger partial charge is 0.334 e. The van der Waals surface area contributed by atoms with Crippen LogP contribution in [0.1, 0.15) is 53.8 Å². The van der Waals surface area contributed by atoms with E-state index in [1.54, 1.807) is 6.92 Å². The van der Waals surface area contributed by atoms with Crippen molar-refractivity contribution in [1.82, 2.24) is 5.16 Å². The summed E-state index contributed by atoms with van der Waals surface area (Å²) in [6.07, 6.45) is 2.30. The first-order valence-electron chi connectivity index (χ1n) is 11.0. The first-order valence-corrected chi connectivity index (χ1v) is 11.0. The van der Waals surface area contributed by atoms with E-state index >= 15 is 0 Å². The highest BCUT2D eigenvalue weighted by Gasteiger charge is 2.32. The minimum Gasteiger partial charge on any atom is -0.360 e. The molecule has 5 nitrogen and oxygen atoms in total. The fraction of sp³-hybridized carbons (Fsp3) is 0.222. The van der Waals surface area contributed by atoms with Gasteiger partial charge in [0.25, 0.3) is 0 Å². The second kappa shape index (κ2) is 8.79. The molecule has 5 rings (SSSR count). The third kappa shape index (κ3) is 3.94. The lowest BCUT2D eigenvalue weighted by Crippen LogP contribution is -2.20. The predicted octanol–water partition coefficient (Wildman–Crippen LogP) is 5.81. The maximum absolute atomic E-state index is 11.8. The summed E-state index contributed by atoms with van der Waals surface area (Å²) < 4.78 is 5.82. The van der Waals surface area contributed by atoms with Crippen molar-refractivity contribution in [3.05, 3.63) is 101 Å². The molecule has 0 amide bonds. The van der Waals surface area contributed by atoms with E-state index in [-0.39, 0.29) is 18.3 Å². The quantitative estimate of drug-likeness (QED) is 0.300. The van der Waals surface area contributed by atoms with Gasteiger partial charge in [-0.2, -0.15) is 0 Å². The monoisotopic (exact) mass is 424 g/mol. The molecule has 3 aromatic carbocycles. The molecule has 0 fully saturated rings. The summed E-state index contributed by atoms with van der Waals surface area (Å²) in [4.78, 5) is 17.0. The van der Waals surface area contributed by atoms with Crippen molar-refractivity contribution in [3.8, 4) is 0 Å². The van der Waals surface area contributed by atoms with Crippen LogP contribution in [0.2, 0.25) is 0 Å². The molecule has 32 heavy (non-hydrogen) atoms. The highest BCUT2D eigenvalue weighted by atomic mass is 16.7. The summed E-state index contributed by atoms with van der Waals surface area (Å²) >= 11 is 0. The molecule has 1 aliphatic carbocycles. The molecule has 5 heteroatoms. The lowest BCUT2D eigenvalue weighted by atomic mass is 9.81. The van der Waals surface area contributed by atoms with E-state index in [2.05, 4.69) is 52.8 Å². The molecular formula is C27H24N2O3. The van der Waals surface area contributed by atoms with Crippen molar-refractivity contribution >= 4 is 22.5 Å². The van der Waals surface area contributed by atoms with Gasteiger partial charge in [0, 0.05) is 25.7 Å². The number of rotatable bonds is 5. The van der Waals surface area contributed by atoms with Crippen LogP contribution in [-0.4, -0.2) is 16.8 Å². The molecular weight excluding hydrogens is 400 g/mol. The fourth-order valence-corrected chi connectivity index (χ4v) is 4.42. The van der Waals surface area contributed by atoms with Crippen LogP contribution in [0, 0.1) is 0 Å². The summed E-state index contributed by atoms with van der Waals surface area (Å²) in [6.45, 7) is 1.76. The zero-order valence-corrected chi connectivity index (χ0v) is 18.0. The molecule has 0 bridgehead atoms. The first kappa shape index (κ1) is 20.2. The largest absolute Gasteiger partial charge is 0.360 e. The Morgan fingerprint density at radius 3 is 2.66 bits per heavy atom. The lowest BCUT2D eigenvalue weighted by Gasteiger charge is -2.22. The number of aromatic nitrogens is 1. The Hall–Kier alpha value is -3.73. The van der Waals surface area contributed by atoms with Crippen molar-refractivity contribution in [2.45, 2.75) is 38.5 Å². The van der Waals surface area contributed by atoms with Crippen LogP contribution >= 0.6 is 0 Å². The number of carbonyl (C=O) groups is 1. The Bertz CT molecular complexity index is 1290. The van der Waals surface area contributed by atoms with Gasteiger partial charge in [-0.1, -0.05) is 90.0 Å². The predicted molar refractivity (Wildman–Crippen MR) is 124 cm³/mol. The van der Waals surface area contributed by atoms with Crippen molar-refractivity contribution in [2.24, 2.45) is 5.16 Å². The number of benzene rings is 3. The number of fused-ring (bicyclic) bond motifs is 2. The van der Waals surface area contributed by atoms with Gasteiger partial charge in [0.15, 0.2) is 0 Å². The molecule has 160 valence electrons. The average Bonchev–Trinajstić information content (AvgIpc) is 3.26. The van der Waals surface area contributed by atoms with E-state index in [1.807, 2.05) is 30.3 Å². The molecule has 0 spiro atoms. The van der Waals surface area contributed by atoms with E-state index in [4.69, 9.17) is 9.36 Å². The highest BCUT2D eigenvalue weighted by molar-refractivity contribution is 6.04. The summed E-state index contributed by atoms with van der Waals surface area (Å²) in [6, 6.07) is 24.9. The standard InChI is InChI=1S/C27H24N2O3/c1-2-26(30)32-29-24-16-21(18-9-4-3-5-10-18)17-25-27(24)23(28-31-25)15-20-13-8-12-19-11-6-7-14-22(19)20/h3-14,21H,2,15-17H2,1H3. The maximum atomic E-state index is 11.8. The third-order valence-electron chi connectivity index (χ3n) is 6.05. The second-order valence-corrected chi connectivity index (χ2v) is 8.11. The van der Waals surface area contributed by atoms with Gasteiger partial charge in [-0.25, -0.2) is 4.79 Å². The second-order valence-electron chi connectivity index (χ2n) is 8.11. The first-order chi connectivity index (χ1) is 15.7. The highest BCUT2D eigenvalue weighted by Crippen LogP contribution is 2.36. The molecule has 0 N–H and O–H groups in total. The molecule has 1 atom stereocenters. The van der Waals surface area contributed by atoms with Crippen molar-refractivity contribution < 1.29 is 14.2 Å². The van der Waals surface area contributed by atoms with Gasteiger partial charge in [-0.15, -0.1) is 0 Å². The van der Waals surface area contributed by atoms with Gasteiger partial charge in [0.2, 0.25) is 0 Å². The minimum absolute atomic E-state index is 0.195. The van der Waals surface area contributed by atoms with Gasteiger partial charge in [-0.3, -0.25) is 0 Å². The van der Waals surface area contributed by atoms with Crippen LogP contribution in [0.4, 0.5) is 0 Å². The fourth-order valence-electron chi connectivity index (χ4n) is 4.42. The van der Waals surface area contributed by atoms with Crippen LogP contribution in [0.5, 0.6) is 0 Å². The zero-order valence-electron chi connectivity index (χ0n) is 18.0. The molecule has 1 unspecified atom stereocenters. The Labute approximate surface area is 186 Å². The number of carbonyl (C=O) groups excluding carboxylic acids is 1. The number of nitrogens with zero attached hydrogens (tertiary/aromatic N) is 2. The average molecular weight is 425 g/mol. The Balaban J connectivity index is 1.54. The molecule has 1 heterocycles. The van der Waals surface area contributed by atoms with E-state index in [0.29, 0.717) is 12.8 Å². The summed E-state index contributed by atoms with van der Waals surface area (Å²) in [5.74, 6) is 0.640. The van der Waals surface area contributed by atoms with Crippen LogP contribution in [0.15, 0.2) is 82.5 Å². The Morgan fingerprint density at radius 1 is 1.03 bits per heavy atom. The van der Waals surface area contributed by atoms with E-state index in [9.17, 15) is 4.79 Å². The van der Waals surface area contributed by atoms with Crippen molar-refractivity contribution in [3.63, 3.8) is 0 Å². The zero-order chi connectivity index (χ0) is 21.9. The molecule has 0 aliphatic heterocycles. The third-order valence-corrected chi connectivity index (χ3v) is 6.05. The van der Waals surface area contributed by atoms with Crippen molar-refractivity contribution in [2.75, 3.05) is 0 Å². The molecule has 0 saturated heterocycles. The SMILES string of the molecule is CCC(=O)ON=C1CC(c2ccccc2)Cc2onc(Cc3cccc4ccccc34)c21. The van der Waals surface area contributed by atoms with Crippen LogP contribution in [0.3, 0.4) is 0 Å². The minimum atomic E-state index is -0.354. The van der Waals surface area contributed by atoms with Crippen molar-refractivity contribution in [1.29, 1.82) is 0 Å². The Kier molecular flexibility index (Phi) is 5.55. The van der Waals surface area contributed by atoms with Gasteiger partial charge >= 0.3 is 5.97 Å². The maximum Gasteiger partial charge on any atom is 0.334 e. The van der Waals surface area contributed by atoms with Crippen LogP contribution < -0.4 is 0 Å². The summed E-state index contributed by atoms with van der Waals surface area (Å²) in [7, 11) is 0. The molecule has 4 aromatic rings. The Morgan fingerprint density at radius 2 is 1.81 bits per heavy atom. The number of hydrogen-bond donors (Lipinski definition) is 0. The van der Waals surface area contributed by atoms with Gasteiger partial charge in [-0.05, 0) is 27.8 Å². The normalized spacial score (nSPS) is 16.8.